The number of hydrogen-bond donors (Lipinski definition) is 2. The van der Waals surface area contributed by atoms with Crippen LogP contribution in [0.3, 0.4) is 0 Å². The van der Waals surface area contributed by atoms with Gasteiger partial charge in [-0.2, -0.15) is 0 Å². The molecule has 4 rings (SSSR count). The van der Waals surface area contributed by atoms with Crippen LogP contribution in [0.2, 0.25) is 0 Å². The number of Topliss-reactive ketones (excluding diaryl/α,β-unsaturated/α-hetero) is 1. The summed E-state index contributed by atoms with van der Waals surface area (Å²) in [6, 6.07) is 11.6. The molecule has 30 heavy (non-hydrogen) atoms. The largest absolute Gasteiger partial charge is 0.497 e. The van der Waals surface area contributed by atoms with Crippen molar-refractivity contribution < 1.29 is 14.3 Å². The van der Waals surface area contributed by atoms with Crippen LogP contribution in [0.25, 0.3) is 0 Å². The zero-order valence-corrected chi connectivity index (χ0v) is 17.7. The summed E-state index contributed by atoms with van der Waals surface area (Å²) in [5, 5.41) is 6.24. The number of nitrogens with one attached hydrogen (secondary N) is 2. The number of methoxy groups -OCH3 is 1. The lowest BCUT2D eigenvalue weighted by atomic mass is 9.94. The Morgan fingerprint density at radius 2 is 2.13 bits per heavy atom. The number of carbonyl (C=O) groups excluding carboxylic acids is 2. The third kappa shape index (κ3) is 4.13. The Kier molecular flexibility index (Phi) is 5.93. The van der Waals surface area contributed by atoms with Gasteiger partial charge in [0, 0.05) is 37.8 Å². The number of anilines is 2. The monoisotopic (exact) mass is 407 g/mol. The molecule has 0 aromatic heterocycles. The van der Waals surface area contributed by atoms with E-state index in [9.17, 15) is 9.59 Å². The first-order chi connectivity index (χ1) is 14.6. The second-order valence-corrected chi connectivity index (χ2v) is 8.04. The molecule has 6 nitrogen and oxygen atoms in total. The summed E-state index contributed by atoms with van der Waals surface area (Å²) in [6.45, 7) is 4.35. The first-order valence-corrected chi connectivity index (χ1v) is 10.7. The first kappa shape index (κ1) is 20.3. The van der Waals surface area contributed by atoms with Crippen LogP contribution < -0.4 is 20.3 Å². The second-order valence-electron chi connectivity index (χ2n) is 8.04. The van der Waals surface area contributed by atoms with Crippen molar-refractivity contribution in [3.63, 3.8) is 0 Å². The standard InChI is InChI=1S/C24H29N3O3/c1-16-22(28)14-18-6-3-8-20(23(18)26-16)24(29)25-11-5-13-27-12-4-7-17-9-10-19(30-2)15-21(17)27/h3,6,8-10,15-16,26H,4-5,7,11-14H2,1-2H3,(H,25,29). The van der Waals surface area contributed by atoms with Gasteiger partial charge in [-0.25, -0.2) is 0 Å². The molecule has 158 valence electrons. The average molecular weight is 408 g/mol. The van der Waals surface area contributed by atoms with Crippen molar-refractivity contribution in [2.75, 3.05) is 37.0 Å². The topological polar surface area (TPSA) is 70.7 Å². The second kappa shape index (κ2) is 8.78. The van der Waals surface area contributed by atoms with Gasteiger partial charge >= 0.3 is 0 Å². The van der Waals surface area contributed by atoms with Crippen LogP contribution in [0.4, 0.5) is 11.4 Å². The van der Waals surface area contributed by atoms with Crippen molar-refractivity contribution in [2.45, 2.75) is 38.6 Å². The van der Waals surface area contributed by atoms with Crippen molar-refractivity contribution >= 4 is 23.1 Å². The predicted molar refractivity (Wildman–Crippen MR) is 119 cm³/mol. The Morgan fingerprint density at radius 3 is 2.97 bits per heavy atom. The van der Waals surface area contributed by atoms with E-state index < -0.39 is 0 Å². The summed E-state index contributed by atoms with van der Waals surface area (Å²) in [6.07, 6.45) is 3.48. The Hall–Kier alpha value is -3.02. The number of ketones is 1. The van der Waals surface area contributed by atoms with Gasteiger partial charge in [0.2, 0.25) is 0 Å². The maximum atomic E-state index is 12.8. The van der Waals surface area contributed by atoms with Gasteiger partial charge in [-0.1, -0.05) is 18.2 Å². The third-order valence-corrected chi connectivity index (χ3v) is 6.00. The molecule has 2 heterocycles. The van der Waals surface area contributed by atoms with Crippen molar-refractivity contribution in [2.24, 2.45) is 0 Å². The molecule has 0 aliphatic carbocycles. The van der Waals surface area contributed by atoms with E-state index in [1.807, 2.05) is 31.2 Å². The van der Waals surface area contributed by atoms with Crippen LogP contribution in [0.15, 0.2) is 36.4 Å². The van der Waals surface area contributed by atoms with E-state index in [0.29, 0.717) is 18.5 Å². The van der Waals surface area contributed by atoms with E-state index in [0.717, 1.165) is 49.4 Å². The summed E-state index contributed by atoms with van der Waals surface area (Å²) in [7, 11) is 1.69. The summed E-state index contributed by atoms with van der Waals surface area (Å²) < 4.78 is 5.38. The predicted octanol–water partition coefficient (Wildman–Crippen LogP) is 3.19. The molecular weight excluding hydrogens is 378 g/mol. The van der Waals surface area contributed by atoms with Gasteiger partial charge in [0.25, 0.3) is 5.91 Å². The number of benzene rings is 2. The fourth-order valence-electron chi connectivity index (χ4n) is 4.30. The summed E-state index contributed by atoms with van der Waals surface area (Å²) >= 11 is 0. The van der Waals surface area contributed by atoms with Crippen molar-refractivity contribution in [1.29, 1.82) is 0 Å². The van der Waals surface area contributed by atoms with E-state index >= 15 is 0 Å². The maximum absolute atomic E-state index is 12.8. The highest BCUT2D eigenvalue weighted by molar-refractivity contribution is 6.03. The van der Waals surface area contributed by atoms with E-state index in [4.69, 9.17) is 4.74 Å². The van der Waals surface area contributed by atoms with E-state index in [2.05, 4.69) is 27.7 Å². The molecule has 0 saturated heterocycles. The van der Waals surface area contributed by atoms with Crippen LogP contribution >= 0.6 is 0 Å². The Bertz CT molecular complexity index is 957. The number of amides is 1. The third-order valence-electron chi connectivity index (χ3n) is 6.00. The molecule has 2 aromatic rings. The Labute approximate surface area is 177 Å². The number of nitrogens with zero attached hydrogens (tertiary/aromatic N) is 1. The smallest absolute Gasteiger partial charge is 0.253 e. The van der Waals surface area contributed by atoms with E-state index in [1.54, 1.807) is 7.11 Å². The lowest BCUT2D eigenvalue weighted by Crippen LogP contribution is -2.35. The number of aryl methyl sites for hydroxylation is 1. The molecule has 2 aliphatic heterocycles. The molecule has 2 N–H and O–H groups in total. The maximum Gasteiger partial charge on any atom is 0.253 e. The highest BCUT2D eigenvalue weighted by Gasteiger charge is 2.25. The van der Waals surface area contributed by atoms with Gasteiger partial charge in [0.15, 0.2) is 5.78 Å². The highest BCUT2D eigenvalue weighted by atomic mass is 16.5. The van der Waals surface area contributed by atoms with Crippen molar-refractivity contribution in [3.8, 4) is 5.75 Å². The number of para-hydroxylation sites is 1. The minimum Gasteiger partial charge on any atom is -0.497 e. The molecule has 0 saturated carbocycles. The van der Waals surface area contributed by atoms with Crippen molar-refractivity contribution in [3.05, 3.63) is 53.1 Å². The van der Waals surface area contributed by atoms with Crippen LogP contribution in [0.5, 0.6) is 5.75 Å². The normalized spacial score (nSPS) is 17.6. The SMILES string of the molecule is COc1ccc2c(c1)N(CCCNC(=O)c1cccc3c1NC(C)C(=O)C3)CCC2. The number of carbonyl (C=O) groups is 2. The number of fused-ring (bicyclic) bond motifs is 2. The number of hydrogen-bond acceptors (Lipinski definition) is 5. The fraction of sp³-hybridized carbons (Fsp3) is 0.417. The van der Waals surface area contributed by atoms with Crippen molar-refractivity contribution in [1.82, 2.24) is 5.32 Å². The minimum absolute atomic E-state index is 0.0957. The molecule has 1 atom stereocenters. The minimum atomic E-state index is -0.261. The number of rotatable bonds is 6. The fourth-order valence-corrected chi connectivity index (χ4v) is 4.30. The molecule has 0 radical (unpaired) electrons. The van der Waals surface area contributed by atoms with Crippen LogP contribution in [0.1, 0.15) is 41.3 Å². The summed E-state index contributed by atoms with van der Waals surface area (Å²) in [4.78, 5) is 27.1. The zero-order valence-electron chi connectivity index (χ0n) is 17.7. The van der Waals surface area contributed by atoms with Gasteiger partial charge < -0.3 is 20.3 Å². The van der Waals surface area contributed by atoms with E-state index in [1.165, 1.54) is 11.3 Å². The van der Waals surface area contributed by atoms with Gasteiger partial charge in [-0.05, 0) is 49.4 Å². The molecule has 0 spiro atoms. The van der Waals surface area contributed by atoms with Gasteiger partial charge in [-0.15, -0.1) is 0 Å². The first-order valence-electron chi connectivity index (χ1n) is 10.7. The van der Waals surface area contributed by atoms with Gasteiger partial charge in [0.1, 0.15) is 5.75 Å². The molecule has 2 aromatic carbocycles. The summed E-state index contributed by atoms with van der Waals surface area (Å²) in [5.74, 6) is 0.933. The van der Waals surface area contributed by atoms with Gasteiger partial charge in [-0.3, -0.25) is 9.59 Å². The van der Waals surface area contributed by atoms with Crippen LogP contribution in [0, 0.1) is 0 Å². The average Bonchev–Trinajstić information content (AvgIpc) is 2.76. The molecular formula is C24H29N3O3. The lowest BCUT2D eigenvalue weighted by Gasteiger charge is -2.31. The van der Waals surface area contributed by atoms with Gasteiger partial charge in [0.05, 0.1) is 24.4 Å². The Balaban J connectivity index is 1.35. The Morgan fingerprint density at radius 1 is 1.27 bits per heavy atom. The molecule has 1 amide bonds. The molecule has 0 bridgehead atoms. The van der Waals surface area contributed by atoms with Crippen LogP contribution in [-0.2, 0) is 17.6 Å². The molecule has 6 heteroatoms. The molecule has 1 unspecified atom stereocenters. The zero-order chi connectivity index (χ0) is 21.1. The number of ether oxygens (including phenoxy) is 1. The van der Waals surface area contributed by atoms with Crippen LogP contribution in [-0.4, -0.2) is 44.5 Å². The van der Waals surface area contributed by atoms with E-state index in [-0.39, 0.29) is 17.7 Å². The highest BCUT2D eigenvalue weighted by Crippen LogP contribution is 2.31. The molecule has 0 fully saturated rings. The quantitative estimate of drug-likeness (QED) is 0.720. The lowest BCUT2D eigenvalue weighted by molar-refractivity contribution is -0.119. The molecule has 2 aliphatic rings. The summed E-state index contributed by atoms with van der Waals surface area (Å²) in [5.41, 5.74) is 4.90.